The Kier molecular flexibility index (Phi) is 3.08. The lowest BCUT2D eigenvalue weighted by atomic mass is 10.0. The molecule has 1 aromatic carbocycles. The van der Waals surface area contributed by atoms with Gasteiger partial charge in [0.05, 0.1) is 6.61 Å². The van der Waals surface area contributed by atoms with Crippen LogP contribution in [-0.4, -0.2) is 18.3 Å². The van der Waals surface area contributed by atoms with Crippen molar-refractivity contribution in [1.82, 2.24) is 0 Å². The van der Waals surface area contributed by atoms with Gasteiger partial charge >= 0.3 is 0 Å². The summed E-state index contributed by atoms with van der Waals surface area (Å²) in [5.74, 6) is 0.0937. The molecule has 0 aliphatic rings. The first-order valence-electron chi connectivity index (χ1n) is 3.74. The minimum Gasteiger partial charge on any atom is -0.396 e. The Morgan fingerprint density at radius 1 is 1.27 bits per heavy atom. The summed E-state index contributed by atoms with van der Waals surface area (Å²) in [7, 11) is 0. The molecule has 0 aliphatic heterocycles. The van der Waals surface area contributed by atoms with Crippen LogP contribution >= 0.6 is 0 Å². The first kappa shape index (κ1) is 8.24. The van der Waals surface area contributed by atoms with Gasteiger partial charge in [-0.25, -0.2) is 0 Å². The number of rotatable bonds is 3. The standard InChI is InChI=1S/C9H13NO/c10-6-9(7-11)8-4-2-1-3-5-8/h1-5,9,11H,6-7,10H2/t9-/m0/s1. The van der Waals surface area contributed by atoms with Crippen molar-refractivity contribution >= 4 is 0 Å². The van der Waals surface area contributed by atoms with E-state index in [1.165, 1.54) is 0 Å². The molecule has 0 saturated heterocycles. The highest BCUT2D eigenvalue weighted by Crippen LogP contribution is 2.12. The number of nitrogens with two attached hydrogens (primary N) is 1. The number of aliphatic hydroxyl groups is 1. The van der Waals surface area contributed by atoms with E-state index in [-0.39, 0.29) is 12.5 Å². The summed E-state index contributed by atoms with van der Waals surface area (Å²) in [5, 5.41) is 8.90. The molecule has 1 aromatic rings. The molecule has 0 fully saturated rings. The summed E-state index contributed by atoms with van der Waals surface area (Å²) < 4.78 is 0. The van der Waals surface area contributed by atoms with Crippen LogP contribution in [0.4, 0.5) is 0 Å². The average Bonchev–Trinajstić information content (AvgIpc) is 2.09. The third kappa shape index (κ3) is 2.03. The second-order valence-corrected chi connectivity index (χ2v) is 2.53. The Labute approximate surface area is 66.7 Å². The fourth-order valence-electron chi connectivity index (χ4n) is 1.04. The quantitative estimate of drug-likeness (QED) is 0.668. The molecule has 1 atom stereocenters. The van der Waals surface area contributed by atoms with Crippen molar-refractivity contribution in [2.75, 3.05) is 13.2 Å². The van der Waals surface area contributed by atoms with Gasteiger partial charge in [-0.15, -0.1) is 0 Å². The van der Waals surface area contributed by atoms with Crippen LogP contribution in [0, 0.1) is 0 Å². The van der Waals surface area contributed by atoms with Gasteiger partial charge < -0.3 is 10.8 Å². The van der Waals surface area contributed by atoms with Gasteiger partial charge in [0.1, 0.15) is 0 Å². The summed E-state index contributed by atoms with van der Waals surface area (Å²) in [4.78, 5) is 0. The zero-order valence-electron chi connectivity index (χ0n) is 6.40. The summed E-state index contributed by atoms with van der Waals surface area (Å²) in [6.45, 7) is 0.626. The van der Waals surface area contributed by atoms with Gasteiger partial charge in [0, 0.05) is 12.5 Å². The summed E-state index contributed by atoms with van der Waals surface area (Å²) >= 11 is 0. The van der Waals surface area contributed by atoms with Crippen LogP contribution in [0.1, 0.15) is 11.5 Å². The van der Waals surface area contributed by atoms with E-state index in [1.54, 1.807) is 0 Å². The van der Waals surface area contributed by atoms with Gasteiger partial charge in [-0.1, -0.05) is 30.3 Å². The fourth-order valence-corrected chi connectivity index (χ4v) is 1.04. The first-order chi connectivity index (χ1) is 5.38. The normalized spacial score (nSPS) is 12.9. The lowest BCUT2D eigenvalue weighted by Gasteiger charge is -2.10. The Balaban J connectivity index is 2.74. The van der Waals surface area contributed by atoms with Crippen molar-refractivity contribution in [2.45, 2.75) is 5.92 Å². The van der Waals surface area contributed by atoms with Gasteiger partial charge in [-0.2, -0.15) is 0 Å². The lowest BCUT2D eigenvalue weighted by Crippen LogP contribution is -2.15. The molecule has 2 nitrogen and oxygen atoms in total. The van der Waals surface area contributed by atoms with Gasteiger partial charge in [-0.05, 0) is 5.56 Å². The third-order valence-corrected chi connectivity index (χ3v) is 1.78. The average molecular weight is 151 g/mol. The molecule has 0 radical (unpaired) electrons. The van der Waals surface area contributed by atoms with Crippen LogP contribution in [0.25, 0.3) is 0 Å². The molecule has 0 unspecified atom stereocenters. The van der Waals surface area contributed by atoms with E-state index >= 15 is 0 Å². The van der Waals surface area contributed by atoms with E-state index in [9.17, 15) is 0 Å². The fraction of sp³-hybridized carbons (Fsp3) is 0.333. The minimum absolute atomic E-state index is 0.0937. The Morgan fingerprint density at radius 2 is 1.91 bits per heavy atom. The maximum Gasteiger partial charge on any atom is 0.0511 e. The second kappa shape index (κ2) is 4.11. The predicted octanol–water partition coefficient (Wildman–Crippen LogP) is 0.721. The van der Waals surface area contributed by atoms with Crippen molar-refractivity contribution in [1.29, 1.82) is 0 Å². The third-order valence-electron chi connectivity index (χ3n) is 1.78. The van der Waals surface area contributed by atoms with E-state index in [0.717, 1.165) is 5.56 Å². The Bertz CT molecular complexity index is 194. The van der Waals surface area contributed by atoms with Crippen molar-refractivity contribution in [3.05, 3.63) is 35.9 Å². The smallest absolute Gasteiger partial charge is 0.0511 e. The topological polar surface area (TPSA) is 46.2 Å². The molecular weight excluding hydrogens is 138 g/mol. The molecule has 0 spiro atoms. The highest BCUT2D eigenvalue weighted by molar-refractivity contribution is 5.19. The van der Waals surface area contributed by atoms with Crippen molar-refractivity contribution in [3.8, 4) is 0 Å². The molecule has 60 valence electrons. The first-order valence-corrected chi connectivity index (χ1v) is 3.74. The van der Waals surface area contributed by atoms with E-state index in [4.69, 9.17) is 10.8 Å². The molecule has 0 heterocycles. The van der Waals surface area contributed by atoms with Crippen molar-refractivity contribution in [3.63, 3.8) is 0 Å². The van der Waals surface area contributed by atoms with Crippen molar-refractivity contribution in [2.24, 2.45) is 5.73 Å². The number of benzene rings is 1. The van der Waals surface area contributed by atoms with Gasteiger partial charge in [-0.3, -0.25) is 0 Å². The molecule has 11 heavy (non-hydrogen) atoms. The maximum absolute atomic E-state index is 8.90. The number of hydrogen-bond donors (Lipinski definition) is 2. The number of aliphatic hydroxyl groups excluding tert-OH is 1. The largest absolute Gasteiger partial charge is 0.396 e. The van der Waals surface area contributed by atoms with Gasteiger partial charge in [0.25, 0.3) is 0 Å². The molecule has 0 aromatic heterocycles. The minimum atomic E-state index is 0.0937. The van der Waals surface area contributed by atoms with Crippen LogP contribution < -0.4 is 5.73 Å². The molecular formula is C9H13NO. The second-order valence-electron chi connectivity index (χ2n) is 2.53. The SMILES string of the molecule is NC[C@@H](CO)c1ccccc1. The van der Waals surface area contributed by atoms with Crippen LogP contribution in [0.15, 0.2) is 30.3 Å². The predicted molar refractivity (Wildman–Crippen MR) is 45.3 cm³/mol. The molecule has 0 bridgehead atoms. The number of hydrogen-bond acceptors (Lipinski definition) is 2. The Hall–Kier alpha value is -0.860. The zero-order valence-corrected chi connectivity index (χ0v) is 6.40. The maximum atomic E-state index is 8.90. The molecule has 3 N–H and O–H groups in total. The molecule has 0 aliphatic carbocycles. The van der Waals surface area contributed by atoms with Crippen LogP contribution in [-0.2, 0) is 0 Å². The van der Waals surface area contributed by atoms with E-state index in [1.807, 2.05) is 30.3 Å². The van der Waals surface area contributed by atoms with Gasteiger partial charge in [0.2, 0.25) is 0 Å². The molecule has 0 saturated carbocycles. The van der Waals surface area contributed by atoms with E-state index < -0.39 is 0 Å². The van der Waals surface area contributed by atoms with Crippen LogP contribution in [0.3, 0.4) is 0 Å². The molecule has 0 amide bonds. The lowest BCUT2D eigenvalue weighted by molar-refractivity contribution is 0.268. The molecule has 2 heteroatoms. The summed E-state index contributed by atoms with van der Waals surface area (Å²) in [6, 6.07) is 9.82. The van der Waals surface area contributed by atoms with E-state index in [0.29, 0.717) is 6.54 Å². The zero-order chi connectivity index (χ0) is 8.10. The summed E-state index contributed by atoms with van der Waals surface area (Å²) in [5.41, 5.74) is 6.56. The highest BCUT2D eigenvalue weighted by Gasteiger charge is 2.05. The van der Waals surface area contributed by atoms with Crippen molar-refractivity contribution < 1.29 is 5.11 Å². The van der Waals surface area contributed by atoms with Crippen LogP contribution in [0.2, 0.25) is 0 Å². The highest BCUT2D eigenvalue weighted by atomic mass is 16.3. The Morgan fingerprint density at radius 3 is 2.36 bits per heavy atom. The molecule has 1 rings (SSSR count). The van der Waals surface area contributed by atoms with Crippen LogP contribution in [0.5, 0.6) is 0 Å². The van der Waals surface area contributed by atoms with E-state index in [2.05, 4.69) is 0 Å². The summed E-state index contributed by atoms with van der Waals surface area (Å²) in [6.07, 6.45) is 0. The van der Waals surface area contributed by atoms with Gasteiger partial charge in [0.15, 0.2) is 0 Å². The monoisotopic (exact) mass is 151 g/mol.